The van der Waals surface area contributed by atoms with Crippen LogP contribution in [0.25, 0.3) is 0 Å². The van der Waals surface area contributed by atoms with Crippen molar-refractivity contribution in [3.63, 3.8) is 0 Å². The molecule has 14 heavy (non-hydrogen) atoms. The molecule has 0 aliphatic carbocycles. The minimum absolute atomic E-state index is 0.00690. The van der Waals surface area contributed by atoms with Gasteiger partial charge in [-0.3, -0.25) is 9.69 Å². The third-order valence-electron chi connectivity index (χ3n) is 1.98. The lowest BCUT2D eigenvalue weighted by Gasteiger charge is -2.20. The molecule has 0 aliphatic rings. The van der Waals surface area contributed by atoms with Crippen LogP contribution in [-0.4, -0.2) is 35.9 Å². The van der Waals surface area contributed by atoms with Crippen molar-refractivity contribution in [3.8, 4) is 0 Å². The fraction of sp³-hybridized carbons (Fsp3) is 0.556. The number of hydrogen-bond donors (Lipinski definition) is 1. The van der Waals surface area contributed by atoms with Crippen LogP contribution in [0.3, 0.4) is 0 Å². The Morgan fingerprint density at radius 2 is 2.43 bits per heavy atom. The van der Waals surface area contributed by atoms with Gasteiger partial charge in [0, 0.05) is 11.6 Å². The Kier molecular flexibility index (Phi) is 4.03. The molecule has 0 aliphatic heterocycles. The summed E-state index contributed by atoms with van der Waals surface area (Å²) < 4.78 is 0. The number of thiazole rings is 1. The molecule has 0 radical (unpaired) electrons. The highest BCUT2D eigenvalue weighted by atomic mass is 32.1. The monoisotopic (exact) mass is 213 g/mol. The van der Waals surface area contributed by atoms with E-state index in [2.05, 4.69) is 10.3 Å². The summed E-state index contributed by atoms with van der Waals surface area (Å²) in [6.45, 7) is 1.99. The lowest BCUT2D eigenvalue weighted by Crippen LogP contribution is -2.39. The Morgan fingerprint density at radius 1 is 1.71 bits per heavy atom. The number of carbonyl (C=O) groups excluding carboxylic acids is 1. The summed E-state index contributed by atoms with van der Waals surface area (Å²) in [6.07, 6.45) is 2.47. The number of amides is 1. The number of anilines is 1. The van der Waals surface area contributed by atoms with Gasteiger partial charge in [-0.2, -0.15) is 0 Å². The van der Waals surface area contributed by atoms with E-state index < -0.39 is 0 Å². The van der Waals surface area contributed by atoms with E-state index in [4.69, 9.17) is 0 Å². The summed E-state index contributed by atoms with van der Waals surface area (Å²) in [7, 11) is 3.80. The molecule has 1 atom stereocenters. The molecule has 1 aromatic rings. The zero-order valence-electron chi connectivity index (χ0n) is 8.65. The quantitative estimate of drug-likeness (QED) is 0.822. The standard InChI is InChI=1S/C9H15N3OS/c1-4-7(12(2)3)8(13)11-9-10-5-6-14-9/h5-7H,4H2,1-3H3,(H,10,11,13)/t7-/m1/s1. The lowest BCUT2D eigenvalue weighted by atomic mass is 10.2. The molecule has 0 aromatic carbocycles. The van der Waals surface area contributed by atoms with Crippen LogP contribution in [0.2, 0.25) is 0 Å². The molecule has 78 valence electrons. The van der Waals surface area contributed by atoms with Gasteiger partial charge in [-0.05, 0) is 20.5 Å². The van der Waals surface area contributed by atoms with Crippen LogP contribution in [0.1, 0.15) is 13.3 Å². The molecule has 0 bridgehead atoms. The van der Waals surface area contributed by atoms with E-state index in [9.17, 15) is 4.79 Å². The van der Waals surface area contributed by atoms with Crippen LogP contribution in [0.4, 0.5) is 5.13 Å². The van der Waals surface area contributed by atoms with Crippen molar-refractivity contribution in [1.82, 2.24) is 9.88 Å². The molecule has 1 N–H and O–H groups in total. The number of nitrogens with one attached hydrogen (secondary N) is 1. The Balaban J connectivity index is 2.56. The zero-order valence-corrected chi connectivity index (χ0v) is 9.47. The van der Waals surface area contributed by atoms with Gasteiger partial charge in [0.15, 0.2) is 5.13 Å². The molecule has 5 heteroatoms. The van der Waals surface area contributed by atoms with Crippen molar-refractivity contribution < 1.29 is 4.79 Å². The third kappa shape index (κ3) is 2.78. The fourth-order valence-corrected chi connectivity index (χ4v) is 1.79. The number of likely N-dealkylation sites (N-methyl/N-ethyl adjacent to an activating group) is 1. The molecule has 0 saturated heterocycles. The van der Waals surface area contributed by atoms with Crippen molar-refractivity contribution >= 4 is 22.4 Å². The van der Waals surface area contributed by atoms with E-state index in [0.29, 0.717) is 5.13 Å². The van der Waals surface area contributed by atoms with Gasteiger partial charge >= 0.3 is 0 Å². The maximum Gasteiger partial charge on any atom is 0.243 e. The first-order chi connectivity index (χ1) is 6.65. The van der Waals surface area contributed by atoms with E-state index in [1.165, 1.54) is 11.3 Å². The molecular weight excluding hydrogens is 198 g/mol. The summed E-state index contributed by atoms with van der Waals surface area (Å²) in [5.41, 5.74) is 0. The second-order valence-electron chi connectivity index (χ2n) is 3.21. The SMILES string of the molecule is CC[C@H](C(=O)Nc1nccs1)N(C)C. The lowest BCUT2D eigenvalue weighted by molar-refractivity contribution is -0.120. The number of rotatable bonds is 4. The largest absolute Gasteiger partial charge is 0.301 e. The van der Waals surface area contributed by atoms with Gasteiger partial charge < -0.3 is 5.32 Å². The summed E-state index contributed by atoms with van der Waals surface area (Å²) in [5, 5.41) is 5.28. The molecule has 4 nitrogen and oxygen atoms in total. The molecule has 0 fully saturated rings. The van der Waals surface area contributed by atoms with Gasteiger partial charge in [0.2, 0.25) is 5.91 Å². The average Bonchev–Trinajstić information content (AvgIpc) is 2.57. The average molecular weight is 213 g/mol. The molecule has 0 saturated carbocycles. The Hall–Kier alpha value is -0.940. The molecule has 1 heterocycles. The van der Waals surface area contributed by atoms with Gasteiger partial charge in [0.05, 0.1) is 6.04 Å². The first-order valence-corrected chi connectivity index (χ1v) is 5.40. The number of carbonyl (C=O) groups is 1. The Morgan fingerprint density at radius 3 is 2.86 bits per heavy atom. The highest BCUT2D eigenvalue weighted by molar-refractivity contribution is 7.13. The van der Waals surface area contributed by atoms with Crippen molar-refractivity contribution in [2.45, 2.75) is 19.4 Å². The van der Waals surface area contributed by atoms with Crippen molar-refractivity contribution in [2.24, 2.45) is 0 Å². The minimum atomic E-state index is -0.0844. The maximum absolute atomic E-state index is 11.7. The van der Waals surface area contributed by atoms with E-state index in [1.54, 1.807) is 6.20 Å². The van der Waals surface area contributed by atoms with Crippen LogP contribution in [0, 0.1) is 0 Å². The molecular formula is C9H15N3OS. The Labute approximate surface area is 88.0 Å². The highest BCUT2D eigenvalue weighted by Crippen LogP contribution is 2.12. The minimum Gasteiger partial charge on any atom is -0.301 e. The van der Waals surface area contributed by atoms with E-state index in [1.807, 2.05) is 31.3 Å². The molecule has 1 aromatic heterocycles. The van der Waals surface area contributed by atoms with Gasteiger partial charge in [-0.25, -0.2) is 4.98 Å². The predicted molar refractivity (Wildman–Crippen MR) is 58.5 cm³/mol. The number of aromatic nitrogens is 1. The third-order valence-corrected chi connectivity index (χ3v) is 2.66. The second kappa shape index (κ2) is 5.07. The van der Waals surface area contributed by atoms with Crippen LogP contribution in [0.5, 0.6) is 0 Å². The van der Waals surface area contributed by atoms with Gasteiger partial charge in [-0.1, -0.05) is 6.92 Å². The Bertz CT molecular complexity index is 284. The maximum atomic E-state index is 11.7. The normalized spacial score (nSPS) is 12.9. The summed E-state index contributed by atoms with van der Waals surface area (Å²) >= 11 is 1.43. The van der Waals surface area contributed by atoms with Gasteiger partial charge in [0.25, 0.3) is 0 Å². The number of nitrogens with zero attached hydrogens (tertiary/aromatic N) is 2. The predicted octanol–water partition coefficient (Wildman–Crippen LogP) is 1.42. The number of hydrogen-bond acceptors (Lipinski definition) is 4. The van der Waals surface area contributed by atoms with Crippen LogP contribution >= 0.6 is 11.3 Å². The van der Waals surface area contributed by atoms with Gasteiger partial charge in [0.1, 0.15) is 0 Å². The van der Waals surface area contributed by atoms with Crippen LogP contribution < -0.4 is 5.32 Å². The first-order valence-electron chi connectivity index (χ1n) is 4.52. The first kappa shape index (κ1) is 11.1. The van der Waals surface area contributed by atoms with E-state index >= 15 is 0 Å². The van der Waals surface area contributed by atoms with Crippen molar-refractivity contribution in [3.05, 3.63) is 11.6 Å². The molecule has 0 spiro atoms. The van der Waals surface area contributed by atoms with Crippen LogP contribution in [-0.2, 0) is 4.79 Å². The van der Waals surface area contributed by atoms with Gasteiger partial charge in [-0.15, -0.1) is 11.3 Å². The molecule has 1 rings (SSSR count). The fourth-order valence-electron chi connectivity index (χ4n) is 1.26. The van der Waals surface area contributed by atoms with E-state index in [0.717, 1.165) is 6.42 Å². The van der Waals surface area contributed by atoms with Crippen molar-refractivity contribution in [2.75, 3.05) is 19.4 Å². The van der Waals surface area contributed by atoms with E-state index in [-0.39, 0.29) is 11.9 Å². The molecule has 1 amide bonds. The second-order valence-corrected chi connectivity index (χ2v) is 4.11. The highest BCUT2D eigenvalue weighted by Gasteiger charge is 2.18. The summed E-state index contributed by atoms with van der Waals surface area (Å²) in [5.74, 6) is 0.00690. The molecule has 0 unspecified atom stereocenters. The summed E-state index contributed by atoms with van der Waals surface area (Å²) in [4.78, 5) is 17.6. The van der Waals surface area contributed by atoms with Crippen molar-refractivity contribution in [1.29, 1.82) is 0 Å². The zero-order chi connectivity index (χ0) is 10.6. The van der Waals surface area contributed by atoms with Crippen LogP contribution in [0.15, 0.2) is 11.6 Å². The smallest absolute Gasteiger partial charge is 0.243 e. The summed E-state index contributed by atoms with van der Waals surface area (Å²) in [6, 6.07) is -0.0844. The topological polar surface area (TPSA) is 45.2 Å².